The van der Waals surface area contributed by atoms with Crippen LogP contribution >= 0.6 is 24.0 Å². The highest BCUT2D eigenvalue weighted by Crippen LogP contribution is 2.16. The lowest BCUT2D eigenvalue weighted by Crippen LogP contribution is -2.44. The zero-order valence-electron chi connectivity index (χ0n) is 17.5. The van der Waals surface area contributed by atoms with Gasteiger partial charge in [0.05, 0.1) is 6.54 Å². The SMILES string of the molecule is CN=C(NCCC(=O)N1CCCC(C)C1)NCC(C)Oc1cccc(C)c1.I. The first-order chi connectivity index (χ1) is 13.0. The minimum atomic E-state index is 0. The van der Waals surface area contributed by atoms with Crippen LogP contribution in [0, 0.1) is 12.8 Å². The number of amides is 1. The molecule has 7 heteroatoms. The summed E-state index contributed by atoms with van der Waals surface area (Å²) in [5.74, 6) is 2.39. The molecular formula is C21H35IN4O2. The molecule has 1 aliphatic rings. The number of piperidine rings is 1. The molecule has 2 unspecified atom stereocenters. The van der Waals surface area contributed by atoms with Crippen molar-refractivity contribution in [2.45, 2.75) is 46.1 Å². The fraction of sp³-hybridized carbons (Fsp3) is 0.619. The van der Waals surface area contributed by atoms with E-state index in [0.29, 0.717) is 31.4 Å². The number of aliphatic imine (C=N–C) groups is 1. The van der Waals surface area contributed by atoms with Crippen LogP contribution in [-0.4, -0.2) is 56.1 Å². The maximum Gasteiger partial charge on any atom is 0.224 e. The molecule has 28 heavy (non-hydrogen) atoms. The van der Waals surface area contributed by atoms with Crippen LogP contribution in [0.1, 0.15) is 38.7 Å². The highest BCUT2D eigenvalue weighted by molar-refractivity contribution is 14.0. The van der Waals surface area contributed by atoms with Crippen molar-refractivity contribution in [3.05, 3.63) is 29.8 Å². The third-order valence-electron chi connectivity index (χ3n) is 4.75. The summed E-state index contributed by atoms with van der Waals surface area (Å²) in [6.45, 7) is 9.27. The number of hydrogen-bond acceptors (Lipinski definition) is 3. The van der Waals surface area contributed by atoms with Crippen LogP contribution in [0.15, 0.2) is 29.3 Å². The molecule has 1 amide bonds. The summed E-state index contributed by atoms with van der Waals surface area (Å²) >= 11 is 0. The molecule has 158 valence electrons. The molecule has 1 fully saturated rings. The third-order valence-corrected chi connectivity index (χ3v) is 4.75. The first kappa shape index (κ1) is 24.5. The Kier molecular flexibility index (Phi) is 11.3. The fourth-order valence-electron chi connectivity index (χ4n) is 3.29. The van der Waals surface area contributed by atoms with E-state index in [1.807, 2.05) is 43.0 Å². The molecule has 1 aromatic carbocycles. The molecule has 0 radical (unpaired) electrons. The van der Waals surface area contributed by atoms with E-state index in [1.54, 1.807) is 7.05 Å². The Morgan fingerprint density at radius 1 is 1.39 bits per heavy atom. The van der Waals surface area contributed by atoms with E-state index in [9.17, 15) is 4.79 Å². The number of guanidine groups is 1. The molecule has 0 bridgehead atoms. The summed E-state index contributed by atoms with van der Waals surface area (Å²) in [7, 11) is 1.73. The molecule has 1 heterocycles. The number of aryl methyl sites for hydroxylation is 1. The lowest BCUT2D eigenvalue weighted by Gasteiger charge is -2.31. The van der Waals surface area contributed by atoms with Gasteiger partial charge >= 0.3 is 0 Å². The van der Waals surface area contributed by atoms with Crippen molar-refractivity contribution in [3.8, 4) is 5.75 Å². The van der Waals surface area contributed by atoms with Crippen LogP contribution in [0.25, 0.3) is 0 Å². The van der Waals surface area contributed by atoms with E-state index < -0.39 is 0 Å². The summed E-state index contributed by atoms with van der Waals surface area (Å²) < 4.78 is 5.92. The number of likely N-dealkylation sites (tertiary alicyclic amines) is 1. The average molecular weight is 502 g/mol. The van der Waals surface area contributed by atoms with E-state index in [0.717, 1.165) is 25.3 Å². The van der Waals surface area contributed by atoms with Gasteiger partial charge in [0.1, 0.15) is 11.9 Å². The molecule has 1 aromatic rings. The molecule has 0 saturated carbocycles. The maximum absolute atomic E-state index is 12.3. The molecular weight excluding hydrogens is 467 g/mol. The van der Waals surface area contributed by atoms with Crippen LogP contribution < -0.4 is 15.4 Å². The second-order valence-electron chi connectivity index (χ2n) is 7.46. The Morgan fingerprint density at radius 2 is 2.18 bits per heavy atom. The Balaban J connectivity index is 0.00000392. The fourth-order valence-corrected chi connectivity index (χ4v) is 3.29. The van der Waals surface area contributed by atoms with Crippen molar-refractivity contribution in [1.82, 2.24) is 15.5 Å². The number of carbonyl (C=O) groups excluding carboxylic acids is 1. The number of benzene rings is 1. The highest BCUT2D eigenvalue weighted by atomic mass is 127. The number of hydrogen-bond donors (Lipinski definition) is 2. The summed E-state index contributed by atoms with van der Waals surface area (Å²) in [4.78, 5) is 18.5. The van der Waals surface area contributed by atoms with Crippen molar-refractivity contribution >= 4 is 35.8 Å². The van der Waals surface area contributed by atoms with Gasteiger partial charge in [0.2, 0.25) is 5.91 Å². The van der Waals surface area contributed by atoms with E-state index in [4.69, 9.17) is 4.74 Å². The van der Waals surface area contributed by atoms with Crippen LogP contribution in [0.5, 0.6) is 5.75 Å². The first-order valence-electron chi connectivity index (χ1n) is 9.93. The molecule has 0 spiro atoms. The topological polar surface area (TPSA) is 66.0 Å². The Bertz CT molecular complexity index is 639. The molecule has 0 aliphatic carbocycles. The van der Waals surface area contributed by atoms with Gasteiger partial charge in [0.25, 0.3) is 0 Å². The van der Waals surface area contributed by atoms with Crippen molar-refractivity contribution in [1.29, 1.82) is 0 Å². The van der Waals surface area contributed by atoms with Gasteiger partial charge in [-0.3, -0.25) is 9.79 Å². The molecule has 2 N–H and O–H groups in total. The van der Waals surface area contributed by atoms with Crippen LogP contribution in [0.4, 0.5) is 0 Å². The van der Waals surface area contributed by atoms with Gasteiger partial charge in [-0.1, -0.05) is 19.1 Å². The second-order valence-corrected chi connectivity index (χ2v) is 7.46. The molecule has 2 rings (SSSR count). The van der Waals surface area contributed by atoms with E-state index in [2.05, 4.69) is 22.5 Å². The molecule has 1 aliphatic heterocycles. The average Bonchev–Trinajstić information content (AvgIpc) is 2.64. The highest BCUT2D eigenvalue weighted by Gasteiger charge is 2.20. The third kappa shape index (κ3) is 8.67. The standard InChI is InChI=1S/C21H34N4O2.HI/c1-16-7-5-9-19(13-16)27-18(3)14-24-21(22-4)23-11-10-20(26)25-12-6-8-17(2)15-25;/h5,7,9,13,17-18H,6,8,10-12,14-15H2,1-4H3,(H2,22,23,24);1H. The first-order valence-corrected chi connectivity index (χ1v) is 9.93. The normalized spacial score (nSPS) is 18.1. The van der Waals surface area contributed by atoms with E-state index in [-0.39, 0.29) is 36.0 Å². The second kappa shape index (κ2) is 12.9. The van der Waals surface area contributed by atoms with Gasteiger partial charge in [-0.05, 0) is 50.3 Å². The van der Waals surface area contributed by atoms with Crippen LogP contribution in [0.2, 0.25) is 0 Å². The minimum Gasteiger partial charge on any atom is -0.489 e. The monoisotopic (exact) mass is 502 g/mol. The quantitative estimate of drug-likeness (QED) is 0.342. The Hall–Kier alpha value is -1.51. The van der Waals surface area contributed by atoms with Gasteiger partial charge in [0.15, 0.2) is 5.96 Å². The summed E-state index contributed by atoms with van der Waals surface area (Å²) in [6, 6.07) is 8.03. The summed E-state index contributed by atoms with van der Waals surface area (Å²) in [5.41, 5.74) is 1.18. The van der Waals surface area contributed by atoms with E-state index >= 15 is 0 Å². The Morgan fingerprint density at radius 3 is 2.86 bits per heavy atom. The van der Waals surface area contributed by atoms with Gasteiger partial charge < -0.3 is 20.3 Å². The lowest BCUT2D eigenvalue weighted by molar-refractivity contribution is -0.132. The Labute approximate surface area is 186 Å². The van der Waals surface area contributed by atoms with Crippen LogP contribution in [0.3, 0.4) is 0 Å². The summed E-state index contributed by atoms with van der Waals surface area (Å²) in [5, 5.41) is 6.47. The van der Waals surface area contributed by atoms with Crippen molar-refractivity contribution in [2.24, 2.45) is 10.9 Å². The molecule has 1 saturated heterocycles. The van der Waals surface area contributed by atoms with Crippen LogP contribution in [-0.2, 0) is 4.79 Å². The van der Waals surface area contributed by atoms with Gasteiger partial charge in [0, 0.05) is 33.1 Å². The number of nitrogens with one attached hydrogen (secondary N) is 2. The molecule has 2 atom stereocenters. The van der Waals surface area contributed by atoms with Crippen molar-refractivity contribution in [2.75, 3.05) is 33.2 Å². The zero-order valence-corrected chi connectivity index (χ0v) is 19.9. The van der Waals surface area contributed by atoms with Gasteiger partial charge in [-0.2, -0.15) is 0 Å². The van der Waals surface area contributed by atoms with Crippen molar-refractivity contribution in [3.63, 3.8) is 0 Å². The number of halogens is 1. The largest absolute Gasteiger partial charge is 0.489 e. The number of nitrogens with zero attached hydrogens (tertiary/aromatic N) is 2. The predicted octanol–water partition coefficient (Wildman–Crippen LogP) is 3.19. The number of rotatable bonds is 7. The number of carbonyl (C=O) groups is 1. The maximum atomic E-state index is 12.3. The van der Waals surface area contributed by atoms with E-state index in [1.165, 1.54) is 12.0 Å². The van der Waals surface area contributed by atoms with Crippen molar-refractivity contribution < 1.29 is 9.53 Å². The molecule has 6 nitrogen and oxygen atoms in total. The minimum absolute atomic E-state index is 0. The van der Waals surface area contributed by atoms with Gasteiger partial charge in [-0.25, -0.2) is 0 Å². The lowest BCUT2D eigenvalue weighted by atomic mass is 10.00. The molecule has 0 aromatic heterocycles. The number of ether oxygens (including phenoxy) is 1. The summed E-state index contributed by atoms with van der Waals surface area (Å²) in [6.07, 6.45) is 2.83. The smallest absolute Gasteiger partial charge is 0.224 e. The van der Waals surface area contributed by atoms with Gasteiger partial charge in [-0.15, -0.1) is 24.0 Å². The predicted molar refractivity (Wildman–Crippen MR) is 126 cm³/mol. The zero-order chi connectivity index (χ0) is 19.6.